The number of ether oxygens (including phenoxy) is 1. The van der Waals surface area contributed by atoms with Crippen LogP contribution in [0.25, 0.3) is 0 Å². The number of carboxylic acids is 1. The smallest absolute Gasteiger partial charge is 0.310 e. The van der Waals surface area contributed by atoms with Crippen LogP contribution in [0, 0.1) is 0 Å². The lowest BCUT2D eigenvalue weighted by atomic mass is 10.0. The maximum atomic E-state index is 10.8. The molecule has 0 amide bonds. The monoisotopic (exact) mass is 274 g/mol. The molecular weight excluding hydrogens is 264 g/mol. The van der Waals surface area contributed by atoms with Gasteiger partial charge in [-0.3, -0.25) is 4.79 Å². The molecule has 0 spiro atoms. The van der Waals surface area contributed by atoms with Gasteiger partial charge in [0.25, 0.3) is 0 Å². The number of hydrogen-bond acceptors (Lipinski definition) is 3. The summed E-state index contributed by atoms with van der Waals surface area (Å²) in [5, 5.41) is 18.4. The highest BCUT2D eigenvalue weighted by atomic mass is 79.9. The minimum absolute atomic E-state index is 0.0787. The van der Waals surface area contributed by atoms with E-state index in [2.05, 4.69) is 15.9 Å². The number of aromatic hydroxyl groups is 1. The van der Waals surface area contributed by atoms with Crippen LogP contribution in [-0.4, -0.2) is 23.3 Å². The Bertz CT molecular complexity index is 389. The number of halogens is 1. The van der Waals surface area contributed by atoms with Crippen LogP contribution in [0.15, 0.2) is 16.6 Å². The van der Waals surface area contributed by atoms with E-state index in [1.807, 2.05) is 0 Å². The third kappa shape index (κ3) is 2.41. The Kier molecular flexibility index (Phi) is 3.57. The maximum absolute atomic E-state index is 10.8. The fraction of sp³-hybridized carbons (Fsp3) is 0.300. The molecule has 0 radical (unpaired) electrons. The summed E-state index contributed by atoms with van der Waals surface area (Å²) in [5.74, 6) is -1.35. The molecule has 4 nitrogen and oxygen atoms in total. The van der Waals surface area contributed by atoms with Gasteiger partial charge in [0.15, 0.2) is 0 Å². The Morgan fingerprint density at radius 2 is 2.13 bits per heavy atom. The largest absolute Gasteiger partial charge is 0.508 e. The first-order chi connectivity index (χ1) is 6.97. The van der Waals surface area contributed by atoms with Gasteiger partial charge < -0.3 is 14.9 Å². The maximum Gasteiger partial charge on any atom is 0.310 e. The lowest BCUT2D eigenvalue weighted by Gasteiger charge is -2.11. The summed E-state index contributed by atoms with van der Waals surface area (Å²) in [6.45, 7) is 1.51. The second-order valence-electron chi connectivity index (χ2n) is 3.11. The van der Waals surface area contributed by atoms with Crippen LogP contribution in [0.1, 0.15) is 18.4 Å². The van der Waals surface area contributed by atoms with Crippen molar-refractivity contribution in [2.45, 2.75) is 12.8 Å². The molecule has 0 aliphatic heterocycles. The predicted octanol–water partition coefficient (Wildman–Crippen LogP) is 2.35. The van der Waals surface area contributed by atoms with Crippen LogP contribution >= 0.6 is 15.9 Å². The van der Waals surface area contributed by atoms with Gasteiger partial charge in [-0.2, -0.15) is 0 Å². The normalized spacial score (nSPS) is 12.2. The molecular formula is C10H11BrO4. The number of phenols is 1. The number of aliphatic carboxylic acids is 1. The van der Waals surface area contributed by atoms with Crippen LogP contribution < -0.4 is 4.74 Å². The minimum atomic E-state index is -0.984. The summed E-state index contributed by atoms with van der Waals surface area (Å²) in [6, 6.07) is 2.94. The van der Waals surface area contributed by atoms with Gasteiger partial charge in [-0.05, 0) is 28.9 Å². The second kappa shape index (κ2) is 4.53. The van der Waals surface area contributed by atoms with E-state index >= 15 is 0 Å². The third-order valence-electron chi connectivity index (χ3n) is 2.14. The standard InChI is InChI=1S/C10H11BrO4/c1-5(10(13)14)6-3-7(11)9(15-2)4-8(6)12/h3-5,12H,1-2H3,(H,13,14). The molecule has 1 aromatic rings. The van der Waals surface area contributed by atoms with Crippen molar-refractivity contribution in [3.05, 3.63) is 22.2 Å². The van der Waals surface area contributed by atoms with Crippen molar-refractivity contribution in [3.63, 3.8) is 0 Å². The molecule has 2 N–H and O–H groups in total. The average molecular weight is 275 g/mol. The van der Waals surface area contributed by atoms with E-state index in [1.165, 1.54) is 20.1 Å². The predicted molar refractivity (Wildman–Crippen MR) is 58.4 cm³/mol. The van der Waals surface area contributed by atoms with Crippen LogP contribution in [0.3, 0.4) is 0 Å². The highest BCUT2D eigenvalue weighted by molar-refractivity contribution is 9.10. The van der Waals surface area contributed by atoms with E-state index < -0.39 is 11.9 Å². The average Bonchev–Trinajstić information content (AvgIpc) is 2.19. The number of hydrogen-bond donors (Lipinski definition) is 2. The zero-order valence-electron chi connectivity index (χ0n) is 8.32. The molecule has 0 aliphatic carbocycles. The van der Waals surface area contributed by atoms with Gasteiger partial charge >= 0.3 is 5.97 Å². The van der Waals surface area contributed by atoms with Gasteiger partial charge in [0.2, 0.25) is 0 Å². The van der Waals surface area contributed by atoms with E-state index in [1.54, 1.807) is 6.07 Å². The minimum Gasteiger partial charge on any atom is -0.508 e. The highest BCUT2D eigenvalue weighted by Gasteiger charge is 2.19. The summed E-state index contributed by atoms with van der Waals surface area (Å²) >= 11 is 3.23. The first kappa shape index (κ1) is 11.8. The SMILES string of the molecule is COc1cc(O)c(C(C)C(=O)O)cc1Br. The summed E-state index contributed by atoms with van der Waals surface area (Å²) in [6.07, 6.45) is 0. The molecule has 1 unspecified atom stereocenters. The van der Waals surface area contributed by atoms with Crippen molar-refractivity contribution in [3.8, 4) is 11.5 Å². The number of carboxylic acid groups (broad SMARTS) is 1. The Morgan fingerprint density at radius 1 is 1.53 bits per heavy atom. The van der Waals surface area contributed by atoms with Crippen molar-refractivity contribution in [1.29, 1.82) is 0 Å². The zero-order chi connectivity index (χ0) is 11.6. The molecule has 0 aliphatic rings. The molecule has 0 heterocycles. The number of carbonyl (C=O) groups is 1. The Labute approximate surface area is 95.6 Å². The van der Waals surface area contributed by atoms with Crippen LogP contribution in [0.5, 0.6) is 11.5 Å². The summed E-state index contributed by atoms with van der Waals surface area (Å²) < 4.78 is 5.58. The third-order valence-corrected chi connectivity index (χ3v) is 2.76. The van der Waals surface area contributed by atoms with Gasteiger partial charge in [-0.15, -0.1) is 0 Å². The first-order valence-electron chi connectivity index (χ1n) is 4.26. The van der Waals surface area contributed by atoms with Crippen LogP contribution in [-0.2, 0) is 4.79 Å². The summed E-state index contributed by atoms with van der Waals surface area (Å²) in [7, 11) is 1.47. The molecule has 1 atom stereocenters. The number of rotatable bonds is 3. The first-order valence-corrected chi connectivity index (χ1v) is 5.06. The van der Waals surface area contributed by atoms with Gasteiger partial charge in [0, 0.05) is 11.6 Å². The Balaban J connectivity index is 3.21. The molecule has 15 heavy (non-hydrogen) atoms. The summed E-state index contributed by atoms with van der Waals surface area (Å²) in [4.78, 5) is 10.8. The quantitative estimate of drug-likeness (QED) is 0.888. The lowest BCUT2D eigenvalue weighted by Crippen LogP contribution is -2.07. The molecule has 0 saturated carbocycles. The van der Waals surface area contributed by atoms with Gasteiger partial charge in [-0.25, -0.2) is 0 Å². The van der Waals surface area contributed by atoms with Crippen molar-refractivity contribution in [2.24, 2.45) is 0 Å². The van der Waals surface area contributed by atoms with E-state index in [4.69, 9.17) is 9.84 Å². The molecule has 1 aromatic carbocycles. The zero-order valence-corrected chi connectivity index (χ0v) is 9.91. The molecule has 0 aromatic heterocycles. The lowest BCUT2D eigenvalue weighted by molar-refractivity contribution is -0.138. The van der Waals surface area contributed by atoms with E-state index in [0.29, 0.717) is 15.8 Å². The molecule has 82 valence electrons. The summed E-state index contributed by atoms with van der Waals surface area (Å²) in [5.41, 5.74) is 0.357. The molecule has 5 heteroatoms. The van der Waals surface area contributed by atoms with E-state index in [0.717, 1.165) is 0 Å². The molecule has 0 fully saturated rings. The van der Waals surface area contributed by atoms with Crippen molar-refractivity contribution in [1.82, 2.24) is 0 Å². The Morgan fingerprint density at radius 3 is 2.60 bits per heavy atom. The molecule has 0 bridgehead atoms. The van der Waals surface area contributed by atoms with Gasteiger partial charge in [0.05, 0.1) is 17.5 Å². The topological polar surface area (TPSA) is 66.8 Å². The number of phenolic OH excluding ortho intramolecular Hbond substituents is 1. The Hall–Kier alpha value is -1.23. The van der Waals surface area contributed by atoms with Crippen molar-refractivity contribution < 1.29 is 19.7 Å². The van der Waals surface area contributed by atoms with Crippen molar-refractivity contribution >= 4 is 21.9 Å². The van der Waals surface area contributed by atoms with Crippen LogP contribution in [0.2, 0.25) is 0 Å². The molecule has 0 saturated heterocycles. The van der Waals surface area contributed by atoms with Crippen molar-refractivity contribution in [2.75, 3.05) is 7.11 Å². The van der Waals surface area contributed by atoms with E-state index in [-0.39, 0.29) is 5.75 Å². The van der Waals surface area contributed by atoms with E-state index in [9.17, 15) is 9.90 Å². The molecule has 1 rings (SSSR count). The van der Waals surface area contributed by atoms with Gasteiger partial charge in [-0.1, -0.05) is 0 Å². The fourth-order valence-corrected chi connectivity index (χ4v) is 1.72. The number of methoxy groups -OCH3 is 1. The second-order valence-corrected chi connectivity index (χ2v) is 3.96. The fourth-order valence-electron chi connectivity index (χ4n) is 1.19. The number of benzene rings is 1. The van der Waals surface area contributed by atoms with Gasteiger partial charge in [0.1, 0.15) is 11.5 Å². The highest BCUT2D eigenvalue weighted by Crippen LogP contribution is 2.35. The van der Waals surface area contributed by atoms with Crippen LogP contribution in [0.4, 0.5) is 0 Å².